The fourth-order valence-corrected chi connectivity index (χ4v) is 2.82. The van der Waals surface area contributed by atoms with Gasteiger partial charge in [0, 0.05) is 16.8 Å². The minimum absolute atomic E-state index is 0.0256. The van der Waals surface area contributed by atoms with Crippen molar-refractivity contribution in [3.05, 3.63) is 59.1 Å². The van der Waals surface area contributed by atoms with E-state index in [1.807, 2.05) is 23.1 Å². The van der Waals surface area contributed by atoms with E-state index >= 15 is 0 Å². The molecule has 108 valence electrons. The molecule has 1 aliphatic heterocycles. The second-order valence-electron chi connectivity index (χ2n) is 5.19. The molecule has 0 saturated carbocycles. The van der Waals surface area contributed by atoms with E-state index in [9.17, 15) is 4.79 Å². The Labute approximate surface area is 129 Å². The molecule has 0 aromatic heterocycles. The minimum atomic E-state index is -0.0256. The number of rotatable bonds is 3. The maximum atomic E-state index is 12.4. The predicted molar refractivity (Wildman–Crippen MR) is 84.0 cm³/mol. The molecule has 0 bridgehead atoms. The molecule has 0 aliphatic carbocycles. The minimum Gasteiger partial charge on any atom is -0.484 e. The Morgan fingerprint density at radius 3 is 2.71 bits per heavy atom. The number of carbonyl (C=O) groups is 1. The number of nitrogens with zero attached hydrogens (tertiary/aromatic N) is 1. The van der Waals surface area contributed by atoms with Gasteiger partial charge in [0.1, 0.15) is 5.75 Å². The highest BCUT2D eigenvalue weighted by atomic mass is 35.5. The number of benzene rings is 2. The third-order valence-electron chi connectivity index (χ3n) is 3.65. The first-order valence-electron chi connectivity index (χ1n) is 6.93. The molecule has 0 unspecified atom stereocenters. The maximum absolute atomic E-state index is 12.4. The molecule has 0 saturated heterocycles. The Hall–Kier alpha value is -2.00. The van der Waals surface area contributed by atoms with E-state index in [1.54, 1.807) is 24.3 Å². The highest BCUT2D eigenvalue weighted by Gasteiger charge is 2.30. The van der Waals surface area contributed by atoms with E-state index in [4.69, 9.17) is 16.3 Å². The summed E-state index contributed by atoms with van der Waals surface area (Å²) in [6.45, 7) is 2.08. The largest absolute Gasteiger partial charge is 0.484 e. The number of hydrogen-bond acceptors (Lipinski definition) is 2. The zero-order chi connectivity index (χ0) is 14.8. The van der Waals surface area contributed by atoms with E-state index in [1.165, 1.54) is 5.56 Å². The Kier molecular flexibility index (Phi) is 3.84. The third kappa shape index (κ3) is 2.88. The molecule has 2 aromatic rings. The van der Waals surface area contributed by atoms with Gasteiger partial charge in [-0.05, 0) is 49.2 Å². The molecule has 1 aliphatic rings. The van der Waals surface area contributed by atoms with Crippen LogP contribution in [-0.4, -0.2) is 18.6 Å². The third-order valence-corrected chi connectivity index (χ3v) is 3.90. The van der Waals surface area contributed by atoms with Gasteiger partial charge in [0.05, 0.1) is 0 Å². The summed E-state index contributed by atoms with van der Waals surface area (Å²) in [6, 6.07) is 15.2. The molecular formula is C17H16ClNO2. The van der Waals surface area contributed by atoms with Crippen LogP contribution in [0, 0.1) is 0 Å². The van der Waals surface area contributed by atoms with E-state index in [-0.39, 0.29) is 18.6 Å². The van der Waals surface area contributed by atoms with Crippen molar-refractivity contribution in [2.75, 3.05) is 11.5 Å². The van der Waals surface area contributed by atoms with Gasteiger partial charge in [0.2, 0.25) is 0 Å². The lowest BCUT2D eigenvalue weighted by atomic mass is 10.1. The first-order valence-corrected chi connectivity index (χ1v) is 7.31. The van der Waals surface area contributed by atoms with E-state index in [2.05, 4.69) is 13.0 Å². The highest BCUT2D eigenvalue weighted by Crippen LogP contribution is 2.31. The van der Waals surface area contributed by atoms with Crippen LogP contribution in [0.2, 0.25) is 5.02 Å². The van der Waals surface area contributed by atoms with Crippen molar-refractivity contribution in [3.8, 4) is 5.75 Å². The van der Waals surface area contributed by atoms with Gasteiger partial charge in [0.25, 0.3) is 5.91 Å². The standard InChI is InChI=1S/C17H16ClNO2/c1-12-10-13-4-2-3-5-16(13)19(12)17(20)11-21-15-8-6-14(18)7-9-15/h2-9,12H,10-11H2,1H3/t12-/m1/s1. The molecule has 0 radical (unpaired) electrons. The van der Waals surface area contributed by atoms with Crippen LogP contribution >= 0.6 is 11.6 Å². The molecule has 1 atom stereocenters. The summed E-state index contributed by atoms with van der Waals surface area (Å²) in [4.78, 5) is 14.3. The molecule has 0 fully saturated rings. The number of hydrogen-bond donors (Lipinski definition) is 0. The zero-order valence-corrected chi connectivity index (χ0v) is 12.5. The van der Waals surface area contributed by atoms with Crippen LogP contribution in [0.1, 0.15) is 12.5 Å². The number of carbonyl (C=O) groups excluding carboxylic acids is 1. The van der Waals surface area contributed by atoms with Gasteiger partial charge >= 0.3 is 0 Å². The quantitative estimate of drug-likeness (QED) is 0.865. The Bertz CT molecular complexity index is 654. The van der Waals surface area contributed by atoms with Gasteiger partial charge in [-0.1, -0.05) is 29.8 Å². The number of ether oxygens (including phenoxy) is 1. The lowest BCUT2D eigenvalue weighted by molar-refractivity contribution is -0.120. The number of amides is 1. The first kappa shape index (κ1) is 14.0. The molecule has 0 N–H and O–H groups in total. The van der Waals surface area contributed by atoms with E-state index in [0.717, 1.165) is 12.1 Å². The molecule has 21 heavy (non-hydrogen) atoms. The molecule has 0 spiro atoms. The van der Waals surface area contributed by atoms with E-state index in [0.29, 0.717) is 10.8 Å². The van der Waals surface area contributed by atoms with E-state index < -0.39 is 0 Å². The van der Waals surface area contributed by atoms with Gasteiger partial charge < -0.3 is 9.64 Å². The second-order valence-corrected chi connectivity index (χ2v) is 5.62. The summed E-state index contributed by atoms with van der Waals surface area (Å²) in [5.41, 5.74) is 2.21. The summed E-state index contributed by atoms with van der Waals surface area (Å²) in [5.74, 6) is 0.621. The van der Waals surface area contributed by atoms with Crippen molar-refractivity contribution in [1.29, 1.82) is 0 Å². The fourth-order valence-electron chi connectivity index (χ4n) is 2.69. The van der Waals surface area contributed by atoms with Crippen molar-refractivity contribution < 1.29 is 9.53 Å². The van der Waals surface area contributed by atoms with Gasteiger partial charge in [-0.3, -0.25) is 4.79 Å². The van der Waals surface area contributed by atoms with Gasteiger partial charge in [0.15, 0.2) is 6.61 Å². The Morgan fingerprint density at radius 2 is 1.95 bits per heavy atom. The summed E-state index contributed by atoms with van der Waals surface area (Å²) in [6.07, 6.45) is 0.892. The average molecular weight is 302 g/mol. The predicted octanol–water partition coefficient (Wildman–Crippen LogP) is 3.70. The Morgan fingerprint density at radius 1 is 1.24 bits per heavy atom. The van der Waals surface area contributed by atoms with Crippen LogP contribution in [-0.2, 0) is 11.2 Å². The summed E-state index contributed by atoms with van der Waals surface area (Å²) in [7, 11) is 0. The van der Waals surface area contributed by atoms with Gasteiger partial charge in [-0.15, -0.1) is 0 Å². The SMILES string of the molecule is C[C@@H]1Cc2ccccc2N1C(=O)COc1ccc(Cl)cc1. The van der Waals surface area contributed by atoms with Crippen molar-refractivity contribution in [2.45, 2.75) is 19.4 Å². The van der Waals surface area contributed by atoms with Crippen LogP contribution in [0.4, 0.5) is 5.69 Å². The van der Waals surface area contributed by atoms with Crippen LogP contribution in [0.25, 0.3) is 0 Å². The van der Waals surface area contributed by atoms with Crippen molar-refractivity contribution >= 4 is 23.2 Å². The normalized spacial score (nSPS) is 16.7. The van der Waals surface area contributed by atoms with Crippen LogP contribution < -0.4 is 9.64 Å². The zero-order valence-electron chi connectivity index (χ0n) is 11.8. The van der Waals surface area contributed by atoms with Crippen molar-refractivity contribution in [1.82, 2.24) is 0 Å². The average Bonchev–Trinajstić information content (AvgIpc) is 2.82. The van der Waals surface area contributed by atoms with Gasteiger partial charge in [-0.2, -0.15) is 0 Å². The summed E-state index contributed by atoms with van der Waals surface area (Å²) in [5, 5.41) is 0.649. The first-order chi connectivity index (χ1) is 10.1. The van der Waals surface area contributed by atoms with Gasteiger partial charge in [-0.25, -0.2) is 0 Å². The smallest absolute Gasteiger partial charge is 0.265 e. The topological polar surface area (TPSA) is 29.5 Å². The highest BCUT2D eigenvalue weighted by molar-refractivity contribution is 6.30. The van der Waals surface area contributed by atoms with Crippen LogP contribution in [0.3, 0.4) is 0 Å². The molecule has 3 nitrogen and oxygen atoms in total. The monoisotopic (exact) mass is 301 g/mol. The summed E-state index contributed by atoms with van der Waals surface area (Å²) >= 11 is 5.82. The number of para-hydroxylation sites is 1. The number of halogens is 1. The summed E-state index contributed by atoms with van der Waals surface area (Å²) < 4.78 is 5.55. The molecule has 2 aromatic carbocycles. The second kappa shape index (κ2) is 5.78. The van der Waals surface area contributed by atoms with Crippen LogP contribution in [0.5, 0.6) is 5.75 Å². The molecule has 4 heteroatoms. The lowest BCUT2D eigenvalue weighted by Gasteiger charge is -2.22. The fraction of sp³-hybridized carbons (Fsp3) is 0.235. The molecule has 3 rings (SSSR count). The lowest BCUT2D eigenvalue weighted by Crippen LogP contribution is -2.39. The number of fused-ring (bicyclic) bond motifs is 1. The van der Waals surface area contributed by atoms with Crippen molar-refractivity contribution in [2.24, 2.45) is 0 Å². The maximum Gasteiger partial charge on any atom is 0.265 e. The molecule has 1 amide bonds. The number of anilines is 1. The Balaban J connectivity index is 1.70. The van der Waals surface area contributed by atoms with Crippen LogP contribution in [0.15, 0.2) is 48.5 Å². The van der Waals surface area contributed by atoms with Crippen molar-refractivity contribution in [3.63, 3.8) is 0 Å². The molecular weight excluding hydrogens is 286 g/mol. The molecule has 1 heterocycles.